The summed E-state index contributed by atoms with van der Waals surface area (Å²) in [7, 11) is 0. The van der Waals surface area contributed by atoms with Crippen LogP contribution < -0.4 is 10.6 Å². The van der Waals surface area contributed by atoms with Gasteiger partial charge in [-0.05, 0) is 34.7 Å². The van der Waals surface area contributed by atoms with Gasteiger partial charge in [0, 0.05) is 12.3 Å². The summed E-state index contributed by atoms with van der Waals surface area (Å²) in [6.45, 7) is 1.45. The van der Waals surface area contributed by atoms with E-state index in [1.807, 2.05) is 54.6 Å². The third kappa shape index (κ3) is 7.01. The first kappa shape index (κ1) is 28.7. The summed E-state index contributed by atoms with van der Waals surface area (Å²) in [4.78, 5) is 37.3. The molecular formula is C30H30F2N2O6. The molecule has 40 heavy (non-hydrogen) atoms. The van der Waals surface area contributed by atoms with E-state index in [1.54, 1.807) is 24.3 Å². The van der Waals surface area contributed by atoms with Crippen molar-refractivity contribution in [1.82, 2.24) is 10.6 Å². The third-order valence-corrected chi connectivity index (χ3v) is 6.76. The molecule has 0 bridgehead atoms. The molecule has 4 rings (SSSR count). The molecule has 0 heterocycles. The predicted molar refractivity (Wildman–Crippen MR) is 143 cm³/mol. The Morgan fingerprint density at radius 3 is 2.02 bits per heavy atom. The van der Waals surface area contributed by atoms with E-state index in [1.165, 1.54) is 6.92 Å². The molecule has 1 aliphatic rings. The Labute approximate surface area is 230 Å². The summed E-state index contributed by atoms with van der Waals surface area (Å²) in [5.41, 5.74) is 4.76. The van der Waals surface area contributed by atoms with Gasteiger partial charge in [0.15, 0.2) is 6.04 Å². The Hall–Kier alpha value is -4.31. The zero-order valence-electron chi connectivity index (χ0n) is 21.8. The van der Waals surface area contributed by atoms with Crippen LogP contribution in [-0.4, -0.2) is 54.3 Å². The smallest absolute Gasteiger partial charge is 0.407 e. The summed E-state index contributed by atoms with van der Waals surface area (Å²) >= 11 is 0. The number of ether oxygens (including phenoxy) is 2. The van der Waals surface area contributed by atoms with Crippen LogP contribution in [0.3, 0.4) is 0 Å². The molecule has 3 atom stereocenters. The Bertz CT molecular complexity index is 1290. The van der Waals surface area contributed by atoms with Gasteiger partial charge in [0.2, 0.25) is 12.3 Å². The van der Waals surface area contributed by atoms with Gasteiger partial charge in [0.1, 0.15) is 12.6 Å². The Morgan fingerprint density at radius 1 is 0.875 bits per heavy atom. The van der Waals surface area contributed by atoms with Crippen molar-refractivity contribution in [3.8, 4) is 11.1 Å². The topological polar surface area (TPSA) is 114 Å². The number of carboxylic acid groups (broad SMARTS) is 1. The van der Waals surface area contributed by atoms with E-state index in [2.05, 4.69) is 10.6 Å². The van der Waals surface area contributed by atoms with E-state index in [0.29, 0.717) is 0 Å². The number of benzene rings is 3. The zero-order chi connectivity index (χ0) is 28.6. The van der Waals surface area contributed by atoms with Gasteiger partial charge in [-0.3, -0.25) is 4.79 Å². The van der Waals surface area contributed by atoms with Gasteiger partial charge in [-0.25, -0.2) is 18.4 Å². The van der Waals surface area contributed by atoms with Crippen LogP contribution in [0, 0.1) is 0 Å². The summed E-state index contributed by atoms with van der Waals surface area (Å²) in [5.74, 6) is -2.76. The van der Waals surface area contributed by atoms with E-state index in [4.69, 9.17) is 9.47 Å². The number of hydrogen-bond acceptors (Lipinski definition) is 5. The molecule has 0 aliphatic heterocycles. The number of fused-ring (bicyclic) bond motifs is 3. The SMILES string of the molecule is CC(OCc1ccccc1)C(NC(=O)C(CC(F)F)NC(=O)OCC1c2ccccc2-c2ccccc21)C(=O)O. The first-order valence-corrected chi connectivity index (χ1v) is 12.8. The van der Waals surface area contributed by atoms with Crippen LogP contribution in [0.15, 0.2) is 78.9 Å². The molecule has 0 radical (unpaired) electrons. The highest BCUT2D eigenvalue weighted by atomic mass is 19.3. The number of rotatable bonds is 12. The minimum atomic E-state index is -2.94. The predicted octanol–water partition coefficient (Wildman–Crippen LogP) is 4.72. The first-order chi connectivity index (χ1) is 19.2. The summed E-state index contributed by atoms with van der Waals surface area (Å²) < 4.78 is 37.6. The highest BCUT2D eigenvalue weighted by molar-refractivity contribution is 5.89. The van der Waals surface area contributed by atoms with E-state index >= 15 is 0 Å². The molecule has 3 aromatic carbocycles. The van der Waals surface area contributed by atoms with Crippen molar-refractivity contribution in [3.63, 3.8) is 0 Å². The highest BCUT2D eigenvalue weighted by Gasteiger charge is 2.33. The molecule has 1 aliphatic carbocycles. The number of alkyl carbamates (subject to hydrolysis) is 1. The van der Waals surface area contributed by atoms with Crippen molar-refractivity contribution in [2.75, 3.05) is 6.61 Å². The van der Waals surface area contributed by atoms with Crippen molar-refractivity contribution in [3.05, 3.63) is 95.6 Å². The maximum absolute atomic E-state index is 13.3. The van der Waals surface area contributed by atoms with Gasteiger partial charge in [0.05, 0.1) is 12.7 Å². The largest absolute Gasteiger partial charge is 0.480 e. The van der Waals surface area contributed by atoms with Crippen LogP contribution in [-0.2, 0) is 25.7 Å². The van der Waals surface area contributed by atoms with Gasteiger partial charge < -0.3 is 25.2 Å². The van der Waals surface area contributed by atoms with Crippen molar-refractivity contribution < 1.29 is 37.7 Å². The van der Waals surface area contributed by atoms with Crippen molar-refractivity contribution in [2.24, 2.45) is 0 Å². The minimum absolute atomic E-state index is 0.0784. The number of halogens is 2. The normalized spacial score (nSPS) is 14.5. The molecule has 3 N–H and O–H groups in total. The second kappa shape index (κ2) is 13.2. The van der Waals surface area contributed by atoms with Gasteiger partial charge in [0.25, 0.3) is 0 Å². The molecule has 3 aromatic rings. The number of carboxylic acids is 1. The van der Waals surface area contributed by atoms with E-state index < -0.39 is 49.0 Å². The molecule has 0 saturated heterocycles. The molecule has 0 aromatic heterocycles. The number of nitrogens with one attached hydrogen (secondary N) is 2. The van der Waals surface area contributed by atoms with Gasteiger partial charge >= 0.3 is 12.1 Å². The van der Waals surface area contributed by atoms with Gasteiger partial charge in [-0.2, -0.15) is 0 Å². The fraction of sp³-hybridized carbons (Fsp3) is 0.300. The van der Waals surface area contributed by atoms with Gasteiger partial charge in [-0.1, -0.05) is 78.9 Å². The van der Waals surface area contributed by atoms with Crippen molar-refractivity contribution in [2.45, 2.75) is 50.5 Å². The monoisotopic (exact) mass is 552 g/mol. The lowest BCUT2D eigenvalue weighted by molar-refractivity contribution is -0.147. The maximum Gasteiger partial charge on any atom is 0.407 e. The highest BCUT2D eigenvalue weighted by Crippen LogP contribution is 2.44. The lowest BCUT2D eigenvalue weighted by Gasteiger charge is -2.25. The lowest BCUT2D eigenvalue weighted by Crippen LogP contribution is -2.55. The van der Waals surface area contributed by atoms with Crippen LogP contribution in [0.5, 0.6) is 0 Å². The third-order valence-electron chi connectivity index (χ3n) is 6.76. The molecule has 8 nitrogen and oxygen atoms in total. The molecular weight excluding hydrogens is 522 g/mol. The fourth-order valence-electron chi connectivity index (χ4n) is 4.72. The Balaban J connectivity index is 1.38. The maximum atomic E-state index is 13.3. The summed E-state index contributed by atoms with van der Waals surface area (Å²) in [6.07, 6.45) is -6.03. The second-order valence-corrected chi connectivity index (χ2v) is 9.48. The average molecular weight is 553 g/mol. The minimum Gasteiger partial charge on any atom is -0.480 e. The number of alkyl halides is 2. The van der Waals surface area contributed by atoms with Crippen LogP contribution in [0.4, 0.5) is 13.6 Å². The molecule has 210 valence electrons. The molecule has 10 heteroatoms. The van der Waals surface area contributed by atoms with Crippen LogP contribution >= 0.6 is 0 Å². The molecule has 0 saturated carbocycles. The van der Waals surface area contributed by atoms with E-state index in [0.717, 1.165) is 27.8 Å². The van der Waals surface area contributed by atoms with Gasteiger partial charge in [-0.15, -0.1) is 0 Å². The lowest BCUT2D eigenvalue weighted by atomic mass is 9.98. The summed E-state index contributed by atoms with van der Waals surface area (Å²) in [6, 6.07) is 21.1. The van der Waals surface area contributed by atoms with E-state index in [-0.39, 0.29) is 19.1 Å². The quantitative estimate of drug-likeness (QED) is 0.300. The number of hydrogen-bond donors (Lipinski definition) is 3. The Morgan fingerprint density at radius 2 is 1.45 bits per heavy atom. The molecule has 0 spiro atoms. The number of aliphatic carboxylic acids is 1. The first-order valence-electron chi connectivity index (χ1n) is 12.8. The van der Waals surface area contributed by atoms with Crippen LogP contribution in [0.25, 0.3) is 11.1 Å². The second-order valence-electron chi connectivity index (χ2n) is 9.48. The molecule has 2 amide bonds. The van der Waals surface area contributed by atoms with Crippen LogP contribution in [0.2, 0.25) is 0 Å². The standard InChI is InChI=1S/C30H30F2N2O6/c1-18(39-16-19-9-3-2-4-10-19)27(29(36)37)34-28(35)25(15-26(31)32)33-30(38)40-17-24-22-13-7-5-11-20(22)21-12-6-8-14-23(21)24/h2-14,18,24-27H,15-17H2,1H3,(H,33,38)(H,34,35)(H,36,37). The number of carbonyl (C=O) groups is 3. The van der Waals surface area contributed by atoms with Crippen LogP contribution in [0.1, 0.15) is 36.0 Å². The van der Waals surface area contributed by atoms with Crippen molar-refractivity contribution >= 4 is 18.0 Å². The average Bonchev–Trinajstić information content (AvgIpc) is 3.26. The Kier molecular flexibility index (Phi) is 9.44. The number of amides is 2. The van der Waals surface area contributed by atoms with Crippen molar-refractivity contribution in [1.29, 1.82) is 0 Å². The molecule has 0 fully saturated rings. The zero-order valence-corrected chi connectivity index (χ0v) is 21.8. The summed E-state index contributed by atoms with van der Waals surface area (Å²) in [5, 5.41) is 14.0. The number of carbonyl (C=O) groups excluding carboxylic acids is 2. The van der Waals surface area contributed by atoms with E-state index in [9.17, 15) is 28.3 Å². The fourth-order valence-corrected chi connectivity index (χ4v) is 4.72. The molecule has 3 unspecified atom stereocenters.